The van der Waals surface area contributed by atoms with Crippen LogP contribution < -0.4 is 5.32 Å². The van der Waals surface area contributed by atoms with Gasteiger partial charge in [0.05, 0.1) is 12.3 Å². The van der Waals surface area contributed by atoms with Gasteiger partial charge in [-0.3, -0.25) is 4.98 Å². The van der Waals surface area contributed by atoms with Crippen LogP contribution in [0.4, 0.5) is 4.39 Å². The minimum atomic E-state index is -0.371. The van der Waals surface area contributed by atoms with Gasteiger partial charge in [-0.05, 0) is 24.5 Å². The van der Waals surface area contributed by atoms with Crippen molar-refractivity contribution in [2.75, 3.05) is 6.54 Å². The lowest BCUT2D eigenvalue weighted by Gasteiger charge is -2.21. The Morgan fingerprint density at radius 2 is 2.12 bits per heavy atom. The smallest absolute Gasteiger partial charge is 0.141 e. The Morgan fingerprint density at radius 3 is 2.71 bits per heavy atom. The van der Waals surface area contributed by atoms with Gasteiger partial charge >= 0.3 is 0 Å². The molecule has 0 aliphatic rings. The topological polar surface area (TPSA) is 45.1 Å². The van der Waals surface area contributed by atoms with E-state index < -0.39 is 0 Å². The van der Waals surface area contributed by atoms with Crippen molar-refractivity contribution in [3.63, 3.8) is 0 Å². The third-order valence-electron chi connectivity index (χ3n) is 3.16. The van der Waals surface area contributed by atoms with Crippen LogP contribution in [-0.2, 0) is 0 Å². The number of pyridine rings is 1. The molecule has 0 radical (unpaired) electrons. The van der Waals surface area contributed by atoms with Gasteiger partial charge in [0, 0.05) is 18.8 Å². The first-order valence-electron chi connectivity index (χ1n) is 6.06. The third kappa shape index (κ3) is 4.40. The molecule has 2 N–H and O–H groups in total. The molecular formula is C13H21FN2O. The highest BCUT2D eigenvalue weighted by Gasteiger charge is 2.14. The predicted molar refractivity (Wildman–Crippen MR) is 66.1 cm³/mol. The van der Waals surface area contributed by atoms with E-state index in [1.165, 1.54) is 12.3 Å². The van der Waals surface area contributed by atoms with Crippen molar-refractivity contribution in [2.45, 2.75) is 39.3 Å². The van der Waals surface area contributed by atoms with E-state index in [9.17, 15) is 9.50 Å². The summed E-state index contributed by atoms with van der Waals surface area (Å²) < 4.78 is 13.0. The number of nitrogens with one attached hydrogen (secondary N) is 1. The summed E-state index contributed by atoms with van der Waals surface area (Å²) >= 11 is 0. The van der Waals surface area contributed by atoms with Crippen LogP contribution in [0.15, 0.2) is 18.5 Å². The lowest BCUT2D eigenvalue weighted by atomic mass is 10.0. The van der Waals surface area contributed by atoms with Crippen molar-refractivity contribution in [3.8, 4) is 0 Å². The Labute approximate surface area is 102 Å². The highest BCUT2D eigenvalue weighted by atomic mass is 19.1. The molecule has 1 rings (SSSR count). The van der Waals surface area contributed by atoms with E-state index in [0.29, 0.717) is 6.54 Å². The first kappa shape index (κ1) is 14.1. The summed E-state index contributed by atoms with van der Waals surface area (Å²) in [6.07, 6.45) is 3.39. The van der Waals surface area contributed by atoms with Crippen LogP contribution in [0.3, 0.4) is 0 Å². The van der Waals surface area contributed by atoms with E-state index >= 15 is 0 Å². The van der Waals surface area contributed by atoms with Gasteiger partial charge in [0.2, 0.25) is 0 Å². The van der Waals surface area contributed by atoms with Gasteiger partial charge in [0.25, 0.3) is 0 Å². The molecule has 4 heteroatoms. The van der Waals surface area contributed by atoms with E-state index in [0.717, 1.165) is 12.0 Å². The molecule has 3 atom stereocenters. The van der Waals surface area contributed by atoms with E-state index in [1.54, 1.807) is 6.20 Å². The summed E-state index contributed by atoms with van der Waals surface area (Å²) in [6.45, 7) is 6.50. The second-order valence-corrected chi connectivity index (χ2v) is 4.52. The van der Waals surface area contributed by atoms with E-state index in [-0.39, 0.29) is 23.9 Å². The van der Waals surface area contributed by atoms with Gasteiger partial charge in [-0.1, -0.05) is 20.3 Å². The molecular weight excluding hydrogens is 219 g/mol. The van der Waals surface area contributed by atoms with Crippen LogP contribution in [0, 0.1) is 11.7 Å². The Hall–Kier alpha value is -1.00. The Bertz CT molecular complexity index is 346. The quantitative estimate of drug-likeness (QED) is 0.802. The van der Waals surface area contributed by atoms with Crippen LogP contribution in [-0.4, -0.2) is 22.7 Å². The van der Waals surface area contributed by atoms with Gasteiger partial charge < -0.3 is 10.4 Å². The molecule has 1 heterocycles. The summed E-state index contributed by atoms with van der Waals surface area (Å²) in [5.41, 5.74) is 0.793. The van der Waals surface area contributed by atoms with Crippen LogP contribution in [0.5, 0.6) is 0 Å². The van der Waals surface area contributed by atoms with E-state index in [4.69, 9.17) is 0 Å². The third-order valence-corrected chi connectivity index (χ3v) is 3.16. The Balaban J connectivity index is 2.47. The molecule has 0 saturated carbocycles. The largest absolute Gasteiger partial charge is 0.392 e. The summed E-state index contributed by atoms with van der Waals surface area (Å²) in [7, 11) is 0. The molecule has 96 valence electrons. The maximum Gasteiger partial charge on any atom is 0.141 e. The maximum absolute atomic E-state index is 13.0. The summed E-state index contributed by atoms with van der Waals surface area (Å²) in [6, 6.07) is 1.44. The number of aliphatic hydroxyl groups is 1. The van der Waals surface area contributed by atoms with Crippen molar-refractivity contribution in [2.24, 2.45) is 5.92 Å². The van der Waals surface area contributed by atoms with E-state index in [2.05, 4.69) is 10.3 Å². The second kappa shape index (κ2) is 6.67. The predicted octanol–water partition coefficient (Wildman–Crippen LogP) is 2.28. The summed E-state index contributed by atoms with van der Waals surface area (Å²) in [5, 5.41) is 13.0. The number of aliphatic hydroxyl groups excluding tert-OH is 1. The Kier molecular flexibility index (Phi) is 5.51. The summed E-state index contributed by atoms with van der Waals surface area (Å²) in [4.78, 5) is 3.81. The van der Waals surface area contributed by atoms with Crippen molar-refractivity contribution in [1.29, 1.82) is 0 Å². The SMILES string of the molecule is CCC(C)C(O)CNC(C)c1cncc(F)c1. The van der Waals surface area contributed by atoms with Crippen molar-refractivity contribution < 1.29 is 9.50 Å². The minimum absolute atomic E-state index is 0.0168. The zero-order valence-electron chi connectivity index (χ0n) is 10.7. The lowest BCUT2D eigenvalue weighted by Crippen LogP contribution is -2.33. The minimum Gasteiger partial charge on any atom is -0.392 e. The highest BCUT2D eigenvalue weighted by Crippen LogP contribution is 2.13. The molecule has 3 unspecified atom stereocenters. The zero-order chi connectivity index (χ0) is 12.8. The van der Waals surface area contributed by atoms with Gasteiger partial charge in [0.1, 0.15) is 5.82 Å². The molecule has 0 spiro atoms. The number of aromatic nitrogens is 1. The van der Waals surface area contributed by atoms with E-state index in [1.807, 2.05) is 20.8 Å². The monoisotopic (exact) mass is 240 g/mol. The average Bonchev–Trinajstić information content (AvgIpc) is 2.34. The molecule has 0 aliphatic carbocycles. The van der Waals surface area contributed by atoms with Crippen molar-refractivity contribution in [3.05, 3.63) is 29.8 Å². The molecule has 0 bridgehead atoms. The fraction of sp³-hybridized carbons (Fsp3) is 0.615. The molecule has 0 aromatic carbocycles. The molecule has 0 fully saturated rings. The Morgan fingerprint density at radius 1 is 1.41 bits per heavy atom. The fourth-order valence-corrected chi connectivity index (χ4v) is 1.55. The molecule has 1 aromatic heterocycles. The molecule has 0 aliphatic heterocycles. The molecule has 3 nitrogen and oxygen atoms in total. The number of halogens is 1. The second-order valence-electron chi connectivity index (χ2n) is 4.52. The number of hydrogen-bond acceptors (Lipinski definition) is 3. The first-order chi connectivity index (χ1) is 8.04. The van der Waals surface area contributed by atoms with Crippen molar-refractivity contribution in [1.82, 2.24) is 10.3 Å². The summed E-state index contributed by atoms with van der Waals surface area (Å²) in [5.74, 6) is -0.0704. The van der Waals surface area contributed by atoms with Gasteiger partial charge in [-0.15, -0.1) is 0 Å². The molecule has 0 saturated heterocycles. The fourth-order valence-electron chi connectivity index (χ4n) is 1.55. The van der Waals surface area contributed by atoms with Crippen LogP contribution >= 0.6 is 0 Å². The van der Waals surface area contributed by atoms with Crippen LogP contribution in [0.25, 0.3) is 0 Å². The zero-order valence-corrected chi connectivity index (χ0v) is 10.7. The van der Waals surface area contributed by atoms with Gasteiger partial charge in [-0.2, -0.15) is 0 Å². The molecule has 17 heavy (non-hydrogen) atoms. The maximum atomic E-state index is 13.0. The van der Waals surface area contributed by atoms with Gasteiger partial charge in [0.15, 0.2) is 0 Å². The van der Waals surface area contributed by atoms with Crippen LogP contribution in [0.2, 0.25) is 0 Å². The average molecular weight is 240 g/mol. The number of rotatable bonds is 6. The van der Waals surface area contributed by atoms with Crippen molar-refractivity contribution >= 4 is 0 Å². The lowest BCUT2D eigenvalue weighted by molar-refractivity contribution is 0.110. The number of nitrogens with zero attached hydrogens (tertiary/aromatic N) is 1. The molecule has 1 aromatic rings. The normalized spacial score (nSPS) is 16.5. The van der Waals surface area contributed by atoms with Gasteiger partial charge in [-0.25, -0.2) is 4.39 Å². The van der Waals surface area contributed by atoms with Crippen LogP contribution in [0.1, 0.15) is 38.8 Å². The first-order valence-corrected chi connectivity index (χ1v) is 6.06. The highest BCUT2D eigenvalue weighted by molar-refractivity contribution is 5.14. The molecule has 0 amide bonds. The number of hydrogen-bond donors (Lipinski definition) is 2. The standard InChI is InChI=1S/C13H21FN2O/c1-4-9(2)13(17)8-16-10(3)11-5-12(14)7-15-6-11/h5-7,9-10,13,16-17H,4,8H2,1-3H3.